The third-order valence-corrected chi connectivity index (χ3v) is 4.54. The van der Waals surface area contributed by atoms with Crippen molar-refractivity contribution in [2.45, 2.75) is 71.0 Å². The molecule has 2 rings (SSSR count). The van der Waals surface area contributed by atoms with Crippen molar-refractivity contribution in [1.29, 1.82) is 0 Å². The predicted octanol–water partition coefficient (Wildman–Crippen LogP) is 2.18. The van der Waals surface area contributed by atoms with E-state index in [2.05, 4.69) is 24.1 Å². The van der Waals surface area contributed by atoms with E-state index >= 15 is 0 Å². The number of rotatable bonds is 7. The van der Waals surface area contributed by atoms with Gasteiger partial charge in [0.15, 0.2) is 0 Å². The van der Waals surface area contributed by atoms with Crippen LogP contribution in [0.3, 0.4) is 0 Å². The lowest BCUT2D eigenvalue weighted by atomic mass is 9.94. The van der Waals surface area contributed by atoms with Gasteiger partial charge in [0, 0.05) is 25.2 Å². The molecule has 0 amide bonds. The number of hydrogen-bond donors (Lipinski definition) is 1. The van der Waals surface area contributed by atoms with E-state index in [1.54, 1.807) is 0 Å². The van der Waals surface area contributed by atoms with Gasteiger partial charge in [0.25, 0.3) is 0 Å². The molecule has 116 valence electrons. The molecule has 1 N–H and O–H groups in total. The molecule has 1 heterocycles. The number of piperidine rings is 1. The molecule has 0 bridgehead atoms. The summed E-state index contributed by atoms with van der Waals surface area (Å²) in [6, 6.07) is 1.07. The highest BCUT2D eigenvalue weighted by molar-refractivity contribution is 5.75. The van der Waals surface area contributed by atoms with Gasteiger partial charge >= 0.3 is 5.97 Å². The number of nitrogens with zero attached hydrogens (tertiary/aromatic N) is 1. The molecule has 3 unspecified atom stereocenters. The third-order valence-electron chi connectivity index (χ3n) is 4.54. The van der Waals surface area contributed by atoms with Gasteiger partial charge in [-0.3, -0.25) is 4.79 Å². The molecule has 20 heavy (non-hydrogen) atoms. The Bertz CT molecular complexity index is 318. The topological polar surface area (TPSA) is 41.6 Å². The lowest BCUT2D eigenvalue weighted by Gasteiger charge is -2.37. The molecule has 0 aromatic heterocycles. The highest BCUT2D eigenvalue weighted by Gasteiger charge is 2.30. The van der Waals surface area contributed by atoms with Crippen molar-refractivity contribution in [1.82, 2.24) is 10.2 Å². The maximum Gasteiger partial charge on any atom is 0.323 e. The van der Waals surface area contributed by atoms with Crippen LogP contribution in [0.2, 0.25) is 0 Å². The summed E-state index contributed by atoms with van der Waals surface area (Å²) < 4.78 is 5.20. The maximum atomic E-state index is 12.0. The minimum absolute atomic E-state index is 0.0721. The summed E-state index contributed by atoms with van der Waals surface area (Å²) in [6.45, 7) is 9.14. The Morgan fingerprint density at radius 1 is 1.30 bits per heavy atom. The van der Waals surface area contributed by atoms with Crippen LogP contribution in [0, 0.1) is 5.92 Å². The average Bonchev–Trinajstić information content (AvgIpc) is 3.22. The van der Waals surface area contributed by atoms with Crippen molar-refractivity contribution < 1.29 is 9.53 Å². The first-order chi connectivity index (χ1) is 9.60. The van der Waals surface area contributed by atoms with Crippen LogP contribution in [0.5, 0.6) is 0 Å². The summed E-state index contributed by atoms with van der Waals surface area (Å²) in [5.41, 5.74) is 0. The van der Waals surface area contributed by atoms with Gasteiger partial charge in [-0.1, -0.05) is 6.92 Å². The first-order valence-corrected chi connectivity index (χ1v) is 8.26. The minimum atomic E-state index is -0.119. The summed E-state index contributed by atoms with van der Waals surface area (Å²) in [7, 11) is 0. The summed E-state index contributed by atoms with van der Waals surface area (Å²) in [5.74, 6) is 0.709. The van der Waals surface area contributed by atoms with Crippen LogP contribution in [-0.4, -0.2) is 48.7 Å². The van der Waals surface area contributed by atoms with Gasteiger partial charge in [-0.05, 0) is 51.9 Å². The second kappa shape index (κ2) is 7.41. The van der Waals surface area contributed by atoms with Crippen LogP contribution in [0.25, 0.3) is 0 Å². The zero-order valence-corrected chi connectivity index (χ0v) is 13.2. The smallest absolute Gasteiger partial charge is 0.323 e. The predicted molar refractivity (Wildman–Crippen MR) is 80.6 cm³/mol. The number of ether oxygens (including phenoxy) is 1. The molecule has 0 aromatic carbocycles. The van der Waals surface area contributed by atoms with Crippen molar-refractivity contribution in [3.05, 3.63) is 0 Å². The molecule has 0 aromatic rings. The summed E-state index contributed by atoms with van der Waals surface area (Å²) in [6.07, 6.45) is 5.88. The van der Waals surface area contributed by atoms with E-state index in [1.165, 1.54) is 32.2 Å². The number of nitrogens with one attached hydrogen (secondary N) is 1. The summed E-state index contributed by atoms with van der Waals surface area (Å²) in [4.78, 5) is 14.6. The van der Waals surface area contributed by atoms with Gasteiger partial charge < -0.3 is 15.0 Å². The fraction of sp³-hybridized carbons (Fsp3) is 0.938. The molecule has 0 radical (unpaired) electrons. The van der Waals surface area contributed by atoms with Gasteiger partial charge in [0.1, 0.15) is 6.04 Å². The fourth-order valence-electron chi connectivity index (χ4n) is 3.03. The number of likely N-dealkylation sites (tertiary alicyclic amines) is 1. The Morgan fingerprint density at radius 2 is 2.05 bits per heavy atom. The number of esters is 1. The molecule has 2 fully saturated rings. The highest BCUT2D eigenvalue weighted by Crippen LogP contribution is 2.23. The second-order valence-corrected chi connectivity index (χ2v) is 6.56. The van der Waals surface area contributed by atoms with Crippen LogP contribution >= 0.6 is 0 Å². The van der Waals surface area contributed by atoms with Crippen molar-refractivity contribution in [2.24, 2.45) is 5.92 Å². The Kier molecular flexibility index (Phi) is 5.85. The Morgan fingerprint density at radius 3 is 2.70 bits per heavy atom. The van der Waals surface area contributed by atoms with Crippen LogP contribution < -0.4 is 5.32 Å². The van der Waals surface area contributed by atoms with Crippen molar-refractivity contribution in [2.75, 3.05) is 19.7 Å². The summed E-state index contributed by atoms with van der Waals surface area (Å²) in [5, 5.41) is 3.44. The van der Waals surface area contributed by atoms with Crippen molar-refractivity contribution in [3.8, 4) is 0 Å². The van der Waals surface area contributed by atoms with Crippen LogP contribution in [0.4, 0.5) is 0 Å². The first-order valence-electron chi connectivity index (χ1n) is 8.26. The molecule has 4 nitrogen and oxygen atoms in total. The lowest BCUT2D eigenvalue weighted by molar-refractivity contribution is -0.146. The van der Waals surface area contributed by atoms with Gasteiger partial charge in [0.05, 0.1) is 6.61 Å². The number of carbonyl (C=O) groups excluding carboxylic acids is 1. The molecule has 1 aliphatic heterocycles. The number of carbonyl (C=O) groups is 1. The molecule has 2 aliphatic rings. The molecule has 1 saturated carbocycles. The zero-order chi connectivity index (χ0) is 14.5. The Hall–Kier alpha value is -0.610. The molecule has 3 atom stereocenters. The Labute approximate surface area is 123 Å². The van der Waals surface area contributed by atoms with E-state index in [0.29, 0.717) is 18.7 Å². The first kappa shape index (κ1) is 15.8. The van der Waals surface area contributed by atoms with Gasteiger partial charge in [-0.25, -0.2) is 0 Å². The zero-order valence-electron chi connectivity index (χ0n) is 13.2. The molecular formula is C16H30N2O2. The van der Waals surface area contributed by atoms with E-state index in [9.17, 15) is 4.79 Å². The fourth-order valence-corrected chi connectivity index (χ4v) is 3.03. The number of hydrogen-bond acceptors (Lipinski definition) is 4. The molecule has 4 heteroatoms. The largest absolute Gasteiger partial charge is 0.465 e. The van der Waals surface area contributed by atoms with E-state index in [0.717, 1.165) is 18.9 Å². The average molecular weight is 282 g/mol. The SMILES string of the molecule is CCOC(=O)C(CCN1CC(C)CCC1C)NC1CC1. The molecular weight excluding hydrogens is 252 g/mol. The minimum Gasteiger partial charge on any atom is -0.465 e. The molecule has 1 saturated heterocycles. The van der Waals surface area contributed by atoms with E-state index in [1.807, 2.05) is 6.92 Å². The van der Waals surface area contributed by atoms with E-state index in [4.69, 9.17) is 4.74 Å². The van der Waals surface area contributed by atoms with Crippen LogP contribution in [0.1, 0.15) is 52.9 Å². The van der Waals surface area contributed by atoms with Crippen molar-refractivity contribution in [3.63, 3.8) is 0 Å². The van der Waals surface area contributed by atoms with Crippen LogP contribution in [-0.2, 0) is 9.53 Å². The second-order valence-electron chi connectivity index (χ2n) is 6.56. The summed E-state index contributed by atoms with van der Waals surface area (Å²) >= 11 is 0. The van der Waals surface area contributed by atoms with Crippen LogP contribution in [0.15, 0.2) is 0 Å². The normalized spacial score (nSPS) is 29.1. The van der Waals surface area contributed by atoms with Gasteiger partial charge in [0.2, 0.25) is 0 Å². The third kappa shape index (κ3) is 4.74. The monoisotopic (exact) mass is 282 g/mol. The molecule has 1 aliphatic carbocycles. The van der Waals surface area contributed by atoms with Gasteiger partial charge in [-0.2, -0.15) is 0 Å². The van der Waals surface area contributed by atoms with E-state index in [-0.39, 0.29) is 12.0 Å². The van der Waals surface area contributed by atoms with E-state index < -0.39 is 0 Å². The van der Waals surface area contributed by atoms with Crippen molar-refractivity contribution >= 4 is 5.97 Å². The lowest BCUT2D eigenvalue weighted by Crippen LogP contribution is -2.46. The standard InChI is InChI=1S/C16H30N2O2/c1-4-20-16(19)15(17-14-7-8-14)9-10-18-11-12(2)5-6-13(18)3/h12-15,17H,4-11H2,1-3H3. The van der Waals surface area contributed by atoms with Gasteiger partial charge in [-0.15, -0.1) is 0 Å². The molecule has 0 spiro atoms. The highest BCUT2D eigenvalue weighted by atomic mass is 16.5. The quantitative estimate of drug-likeness (QED) is 0.727. The maximum absolute atomic E-state index is 12.0. The Balaban J connectivity index is 1.81.